The normalized spacial score (nSPS) is 11.1. The molecule has 0 saturated carbocycles. The highest BCUT2D eigenvalue weighted by Gasteiger charge is 2.03. The summed E-state index contributed by atoms with van der Waals surface area (Å²) in [4.78, 5) is 11.7. The Bertz CT molecular complexity index is 542. The van der Waals surface area contributed by atoms with Crippen molar-refractivity contribution in [3.8, 4) is 0 Å². The van der Waals surface area contributed by atoms with Gasteiger partial charge in [0.15, 0.2) is 0 Å². The molecule has 0 spiro atoms. The predicted molar refractivity (Wildman–Crippen MR) is 51.9 cm³/mol. The van der Waals surface area contributed by atoms with Gasteiger partial charge in [-0.15, -0.1) is 0 Å². The van der Waals surface area contributed by atoms with Gasteiger partial charge in [0.1, 0.15) is 11.8 Å². The van der Waals surface area contributed by atoms with Gasteiger partial charge in [0.25, 0.3) is 0 Å². The van der Waals surface area contributed by atoms with Crippen molar-refractivity contribution in [2.24, 2.45) is 5.16 Å². The molecule has 1 heterocycles. The maximum absolute atomic E-state index is 11.7. The van der Waals surface area contributed by atoms with Crippen molar-refractivity contribution in [1.82, 2.24) is 0 Å². The summed E-state index contributed by atoms with van der Waals surface area (Å²) in [5.74, 6) is 0. The van der Waals surface area contributed by atoms with E-state index in [4.69, 9.17) is 9.62 Å². The summed E-state index contributed by atoms with van der Waals surface area (Å²) in [6.45, 7) is 0. The van der Waals surface area contributed by atoms with Crippen LogP contribution in [0.25, 0.3) is 11.0 Å². The van der Waals surface area contributed by atoms with Crippen LogP contribution in [0.5, 0.6) is 0 Å². The molecular formula is C10H7NO3. The Hall–Kier alpha value is -2.10. The third kappa shape index (κ3) is 1.26. The lowest BCUT2D eigenvalue weighted by Gasteiger charge is -1.95. The molecular weight excluding hydrogens is 182 g/mol. The quantitative estimate of drug-likeness (QED) is 0.421. The first-order valence-corrected chi connectivity index (χ1v) is 4.01. The van der Waals surface area contributed by atoms with Crippen LogP contribution < -0.4 is 5.43 Å². The standard InChI is InChI=1S/C10H7NO3/c12-10-7(5-11-13)6-14-9-4-2-1-3-8(9)10/h1-6,13H/b11-5-. The molecule has 70 valence electrons. The maximum atomic E-state index is 11.7. The fraction of sp³-hybridized carbons (Fsp3) is 0. The highest BCUT2D eigenvalue weighted by molar-refractivity contribution is 5.85. The van der Waals surface area contributed by atoms with E-state index < -0.39 is 0 Å². The van der Waals surface area contributed by atoms with E-state index in [1.165, 1.54) is 6.26 Å². The number of para-hydroxylation sites is 1. The van der Waals surface area contributed by atoms with Crippen LogP contribution in [-0.2, 0) is 0 Å². The third-order valence-corrected chi connectivity index (χ3v) is 1.90. The lowest BCUT2D eigenvalue weighted by Crippen LogP contribution is -2.07. The Balaban J connectivity index is 2.82. The van der Waals surface area contributed by atoms with E-state index in [1.54, 1.807) is 24.3 Å². The molecule has 2 rings (SSSR count). The van der Waals surface area contributed by atoms with Crippen molar-refractivity contribution in [2.75, 3.05) is 0 Å². The van der Waals surface area contributed by atoms with E-state index >= 15 is 0 Å². The molecule has 0 saturated heterocycles. The summed E-state index contributed by atoms with van der Waals surface area (Å²) in [7, 11) is 0. The van der Waals surface area contributed by atoms with Gasteiger partial charge in [0, 0.05) is 0 Å². The van der Waals surface area contributed by atoms with Crippen molar-refractivity contribution in [2.45, 2.75) is 0 Å². The van der Waals surface area contributed by atoms with E-state index in [9.17, 15) is 4.79 Å². The maximum Gasteiger partial charge on any atom is 0.201 e. The summed E-state index contributed by atoms with van der Waals surface area (Å²) >= 11 is 0. The third-order valence-electron chi connectivity index (χ3n) is 1.90. The molecule has 1 aromatic heterocycles. The summed E-state index contributed by atoms with van der Waals surface area (Å²) in [5, 5.41) is 11.6. The Morgan fingerprint density at radius 2 is 2.14 bits per heavy atom. The van der Waals surface area contributed by atoms with E-state index in [2.05, 4.69) is 5.16 Å². The van der Waals surface area contributed by atoms with Crippen LogP contribution in [-0.4, -0.2) is 11.4 Å². The Morgan fingerprint density at radius 3 is 2.93 bits per heavy atom. The highest BCUT2D eigenvalue weighted by atomic mass is 16.4. The molecule has 0 aliphatic rings. The first kappa shape index (κ1) is 8.50. The van der Waals surface area contributed by atoms with E-state index in [-0.39, 0.29) is 11.0 Å². The molecule has 4 heteroatoms. The second-order valence-corrected chi connectivity index (χ2v) is 2.76. The van der Waals surface area contributed by atoms with Gasteiger partial charge in [-0.3, -0.25) is 4.79 Å². The smallest absolute Gasteiger partial charge is 0.201 e. The molecule has 0 bridgehead atoms. The molecule has 2 aromatic rings. The fourth-order valence-corrected chi connectivity index (χ4v) is 1.24. The lowest BCUT2D eigenvalue weighted by molar-refractivity contribution is 0.321. The Kier molecular flexibility index (Phi) is 2.02. The summed E-state index contributed by atoms with van der Waals surface area (Å²) in [6, 6.07) is 6.90. The van der Waals surface area contributed by atoms with Crippen molar-refractivity contribution >= 4 is 17.2 Å². The number of nitrogens with zero attached hydrogens (tertiary/aromatic N) is 1. The monoisotopic (exact) mass is 189 g/mol. The van der Waals surface area contributed by atoms with Crippen LogP contribution in [0.1, 0.15) is 5.56 Å². The average molecular weight is 189 g/mol. The van der Waals surface area contributed by atoms with Crippen molar-refractivity contribution in [3.63, 3.8) is 0 Å². The fourth-order valence-electron chi connectivity index (χ4n) is 1.24. The predicted octanol–water partition coefficient (Wildman–Crippen LogP) is 1.60. The molecule has 1 N–H and O–H groups in total. The number of hydrogen-bond acceptors (Lipinski definition) is 4. The topological polar surface area (TPSA) is 62.8 Å². The average Bonchev–Trinajstić information content (AvgIpc) is 2.23. The Labute approximate surface area is 79.1 Å². The second-order valence-electron chi connectivity index (χ2n) is 2.76. The molecule has 0 aliphatic heterocycles. The van der Waals surface area contributed by atoms with Crippen LogP contribution >= 0.6 is 0 Å². The SMILES string of the molecule is O=c1c(/C=N\O)coc2ccccc12. The van der Waals surface area contributed by atoms with Gasteiger partial charge in [0.2, 0.25) is 5.43 Å². The number of oxime groups is 1. The molecule has 0 aliphatic carbocycles. The highest BCUT2D eigenvalue weighted by Crippen LogP contribution is 2.09. The van der Waals surface area contributed by atoms with Crippen LogP contribution in [0.2, 0.25) is 0 Å². The molecule has 14 heavy (non-hydrogen) atoms. The Morgan fingerprint density at radius 1 is 1.36 bits per heavy atom. The number of fused-ring (bicyclic) bond motifs is 1. The van der Waals surface area contributed by atoms with Gasteiger partial charge in [0.05, 0.1) is 17.2 Å². The number of rotatable bonds is 1. The molecule has 1 aromatic carbocycles. The zero-order chi connectivity index (χ0) is 9.97. The van der Waals surface area contributed by atoms with Crippen molar-refractivity contribution < 1.29 is 9.62 Å². The van der Waals surface area contributed by atoms with Crippen LogP contribution in [0, 0.1) is 0 Å². The first-order valence-electron chi connectivity index (χ1n) is 4.01. The van der Waals surface area contributed by atoms with Crippen molar-refractivity contribution in [1.29, 1.82) is 0 Å². The minimum absolute atomic E-state index is 0.204. The number of benzene rings is 1. The van der Waals surface area contributed by atoms with Crippen LogP contribution in [0.3, 0.4) is 0 Å². The van der Waals surface area contributed by atoms with Gasteiger partial charge >= 0.3 is 0 Å². The first-order chi connectivity index (χ1) is 6.83. The summed E-state index contributed by atoms with van der Waals surface area (Å²) < 4.78 is 5.17. The molecule has 0 unspecified atom stereocenters. The van der Waals surface area contributed by atoms with E-state index in [0.717, 1.165) is 6.21 Å². The molecule has 0 radical (unpaired) electrons. The largest absolute Gasteiger partial charge is 0.463 e. The van der Waals surface area contributed by atoms with E-state index in [0.29, 0.717) is 11.0 Å². The minimum atomic E-state index is -0.204. The van der Waals surface area contributed by atoms with Gasteiger partial charge in [-0.2, -0.15) is 0 Å². The second kappa shape index (κ2) is 3.33. The molecule has 4 nitrogen and oxygen atoms in total. The molecule has 0 atom stereocenters. The number of hydrogen-bond donors (Lipinski definition) is 1. The van der Waals surface area contributed by atoms with Gasteiger partial charge in [-0.1, -0.05) is 17.3 Å². The van der Waals surface area contributed by atoms with E-state index in [1.807, 2.05) is 0 Å². The van der Waals surface area contributed by atoms with Crippen LogP contribution in [0.15, 0.2) is 44.9 Å². The molecule has 0 amide bonds. The van der Waals surface area contributed by atoms with Crippen molar-refractivity contribution in [3.05, 3.63) is 46.3 Å². The van der Waals surface area contributed by atoms with Gasteiger partial charge in [-0.25, -0.2) is 0 Å². The summed E-state index contributed by atoms with van der Waals surface area (Å²) in [5.41, 5.74) is 0.545. The zero-order valence-electron chi connectivity index (χ0n) is 7.18. The zero-order valence-corrected chi connectivity index (χ0v) is 7.18. The lowest BCUT2D eigenvalue weighted by atomic mass is 10.2. The summed E-state index contributed by atoms with van der Waals surface area (Å²) in [6.07, 6.45) is 2.32. The molecule has 0 fully saturated rings. The van der Waals surface area contributed by atoms with Crippen LogP contribution in [0.4, 0.5) is 0 Å². The van der Waals surface area contributed by atoms with Gasteiger partial charge < -0.3 is 9.62 Å². The van der Waals surface area contributed by atoms with Gasteiger partial charge in [-0.05, 0) is 12.1 Å². The minimum Gasteiger partial charge on any atom is -0.463 e.